The van der Waals surface area contributed by atoms with E-state index in [1.807, 2.05) is 49.4 Å². The minimum Gasteiger partial charge on any atom is -0.478 e. The zero-order valence-electron chi connectivity index (χ0n) is 19.9. The van der Waals surface area contributed by atoms with Gasteiger partial charge >= 0.3 is 5.97 Å². The van der Waals surface area contributed by atoms with Crippen LogP contribution in [-0.4, -0.2) is 26.6 Å². The van der Waals surface area contributed by atoms with E-state index in [0.29, 0.717) is 22.7 Å². The predicted octanol–water partition coefficient (Wildman–Crippen LogP) is 6.11. The maximum atomic E-state index is 11.8. The van der Waals surface area contributed by atoms with Crippen LogP contribution in [0.2, 0.25) is 5.02 Å². The molecular weight excluding hydrogens is 476 g/mol. The first-order valence-corrected chi connectivity index (χ1v) is 11.7. The van der Waals surface area contributed by atoms with Gasteiger partial charge in [0.2, 0.25) is 5.56 Å². The second kappa shape index (κ2) is 10.6. The van der Waals surface area contributed by atoms with Crippen LogP contribution in [-0.2, 0) is 7.05 Å². The third-order valence-electron chi connectivity index (χ3n) is 6.32. The molecule has 0 aliphatic rings. The Morgan fingerprint density at radius 3 is 2.11 bits per heavy atom. The largest absolute Gasteiger partial charge is 0.478 e. The summed E-state index contributed by atoms with van der Waals surface area (Å²) in [5.41, 5.74) is 6.14. The molecule has 182 valence electrons. The Bertz CT molecular complexity index is 1490. The second-order valence-electron chi connectivity index (χ2n) is 8.68. The number of oxime groups is 1. The smallest absolute Gasteiger partial charge is 0.335 e. The van der Waals surface area contributed by atoms with E-state index in [9.17, 15) is 14.8 Å². The number of pyridine rings is 1. The van der Waals surface area contributed by atoms with Gasteiger partial charge in [-0.1, -0.05) is 59.2 Å². The van der Waals surface area contributed by atoms with Crippen LogP contribution in [0.3, 0.4) is 0 Å². The van der Waals surface area contributed by atoms with Gasteiger partial charge in [-0.25, -0.2) is 4.79 Å². The monoisotopic (exact) mass is 500 g/mol. The lowest BCUT2D eigenvalue weighted by Crippen LogP contribution is -2.18. The van der Waals surface area contributed by atoms with Gasteiger partial charge in [-0.3, -0.25) is 4.79 Å². The van der Waals surface area contributed by atoms with Gasteiger partial charge in [-0.15, -0.1) is 0 Å². The highest BCUT2D eigenvalue weighted by atomic mass is 35.5. The van der Waals surface area contributed by atoms with Crippen molar-refractivity contribution < 1.29 is 15.1 Å². The van der Waals surface area contributed by atoms with E-state index in [-0.39, 0.29) is 17.0 Å². The SMILES string of the molecule is Cc1cc(Cl)ccc1[C@H](C/C(=N\O)c1ccc(=O)n(C)c1)c1ccc(-c2ccc(C(=O)O)cc2)cc1. The van der Waals surface area contributed by atoms with Crippen molar-refractivity contribution in [1.82, 2.24) is 4.57 Å². The molecule has 6 nitrogen and oxygen atoms in total. The molecule has 1 heterocycles. The first kappa shape index (κ1) is 24.9. The molecule has 7 heteroatoms. The van der Waals surface area contributed by atoms with Crippen LogP contribution in [0.5, 0.6) is 0 Å². The Hall–Kier alpha value is -4.16. The summed E-state index contributed by atoms with van der Waals surface area (Å²) in [5.74, 6) is -1.10. The quantitative estimate of drug-likeness (QED) is 0.182. The number of carbonyl (C=O) groups is 1. The first-order valence-electron chi connectivity index (χ1n) is 11.3. The first-order chi connectivity index (χ1) is 17.3. The van der Waals surface area contributed by atoms with E-state index >= 15 is 0 Å². The van der Waals surface area contributed by atoms with Crippen molar-refractivity contribution in [2.45, 2.75) is 19.3 Å². The third kappa shape index (κ3) is 5.39. The van der Waals surface area contributed by atoms with Gasteiger partial charge in [0.1, 0.15) is 0 Å². The zero-order valence-corrected chi connectivity index (χ0v) is 20.6. The fourth-order valence-corrected chi connectivity index (χ4v) is 4.55. The third-order valence-corrected chi connectivity index (χ3v) is 6.56. The molecule has 4 aromatic rings. The van der Waals surface area contributed by atoms with E-state index < -0.39 is 5.97 Å². The Morgan fingerprint density at radius 1 is 0.944 bits per heavy atom. The lowest BCUT2D eigenvalue weighted by Gasteiger charge is -2.21. The van der Waals surface area contributed by atoms with E-state index in [2.05, 4.69) is 5.16 Å². The van der Waals surface area contributed by atoms with Gasteiger partial charge in [-0.05, 0) is 65.1 Å². The number of halogens is 1. The number of aromatic nitrogens is 1. The number of nitrogens with zero attached hydrogens (tertiary/aromatic N) is 2. The van der Waals surface area contributed by atoms with E-state index in [1.165, 1.54) is 10.6 Å². The summed E-state index contributed by atoms with van der Waals surface area (Å²) in [6.45, 7) is 1.99. The predicted molar refractivity (Wildman–Crippen MR) is 141 cm³/mol. The molecule has 0 saturated heterocycles. The van der Waals surface area contributed by atoms with Gasteiger partial charge < -0.3 is 14.9 Å². The maximum Gasteiger partial charge on any atom is 0.335 e. The summed E-state index contributed by atoms with van der Waals surface area (Å²) in [5, 5.41) is 23.3. The van der Waals surface area contributed by atoms with Crippen molar-refractivity contribution in [2.75, 3.05) is 0 Å². The minimum atomic E-state index is -0.960. The fraction of sp³-hybridized carbons (Fsp3) is 0.138. The highest BCUT2D eigenvalue weighted by Crippen LogP contribution is 2.34. The Labute approximate surface area is 213 Å². The van der Waals surface area contributed by atoms with Crippen molar-refractivity contribution in [3.05, 3.63) is 128 Å². The summed E-state index contributed by atoms with van der Waals surface area (Å²) < 4.78 is 1.45. The molecule has 0 radical (unpaired) electrons. The zero-order chi connectivity index (χ0) is 25.8. The molecule has 1 atom stereocenters. The Kier molecular flexibility index (Phi) is 7.36. The molecule has 1 aromatic heterocycles. The highest BCUT2D eigenvalue weighted by Gasteiger charge is 2.21. The van der Waals surface area contributed by atoms with Crippen molar-refractivity contribution in [1.29, 1.82) is 0 Å². The average Bonchev–Trinajstić information content (AvgIpc) is 2.87. The Balaban J connectivity index is 1.72. The minimum absolute atomic E-state index is 0.145. The summed E-state index contributed by atoms with van der Waals surface area (Å²) in [4.78, 5) is 23.0. The molecule has 0 saturated carbocycles. The van der Waals surface area contributed by atoms with E-state index in [4.69, 9.17) is 16.7 Å². The highest BCUT2D eigenvalue weighted by molar-refractivity contribution is 6.30. The number of aromatic carboxylic acids is 1. The van der Waals surface area contributed by atoms with Gasteiger partial charge in [0.25, 0.3) is 0 Å². The normalized spacial score (nSPS) is 12.4. The van der Waals surface area contributed by atoms with Crippen LogP contribution < -0.4 is 5.56 Å². The maximum absolute atomic E-state index is 11.8. The average molecular weight is 501 g/mol. The number of carboxylic acids is 1. The fourth-order valence-electron chi connectivity index (χ4n) is 4.32. The number of hydrogen-bond acceptors (Lipinski definition) is 4. The van der Waals surface area contributed by atoms with Gasteiger partial charge in [0, 0.05) is 42.2 Å². The number of benzene rings is 3. The van der Waals surface area contributed by atoms with Crippen LogP contribution >= 0.6 is 11.6 Å². The molecule has 0 fully saturated rings. The molecule has 2 N–H and O–H groups in total. The summed E-state index contributed by atoms with van der Waals surface area (Å²) in [6, 6.07) is 23.6. The molecule has 4 rings (SSSR count). The van der Waals surface area contributed by atoms with Crippen molar-refractivity contribution >= 4 is 23.3 Å². The molecule has 0 bridgehead atoms. The number of carboxylic acid groups (broad SMARTS) is 1. The molecule has 0 amide bonds. The van der Waals surface area contributed by atoms with E-state index in [1.54, 1.807) is 43.6 Å². The van der Waals surface area contributed by atoms with Crippen molar-refractivity contribution in [3.8, 4) is 11.1 Å². The van der Waals surface area contributed by atoms with Crippen LogP contribution in [0.4, 0.5) is 0 Å². The molecule has 0 spiro atoms. The van der Waals surface area contributed by atoms with Gasteiger partial charge in [-0.2, -0.15) is 0 Å². The van der Waals surface area contributed by atoms with Crippen molar-refractivity contribution in [2.24, 2.45) is 12.2 Å². The molecule has 0 aliphatic heterocycles. The summed E-state index contributed by atoms with van der Waals surface area (Å²) in [7, 11) is 1.66. The van der Waals surface area contributed by atoms with Gasteiger partial charge in [0.15, 0.2) is 0 Å². The number of rotatable bonds is 7. The van der Waals surface area contributed by atoms with Gasteiger partial charge in [0.05, 0.1) is 11.3 Å². The molecule has 36 heavy (non-hydrogen) atoms. The van der Waals surface area contributed by atoms with Crippen LogP contribution in [0.25, 0.3) is 11.1 Å². The van der Waals surface area contributed by atoms with Crippen molar-refractivity contribution in [3.63, 3.8) is 0 Å². The molecule has 0 aliphatic carbocycles. The standard InChI is InChI=1S/C29H25ClN2O4/c1-18-15-24(30)12-13-25(18)26(16-27(31-36)23-11-14-28(33)32(2)17-23)21-7-3-19(4-8-21)20-5-9-22(10-6-20)29(34)35/h3-15,17,26,36H,16H2,1-2H3,(H,34,35)/b31-27+/t26-/m1/s1. The van der Waals surface area contributed by atoms with Crippen LogP contribution in [0.1, 0.15) is 45.0 Å². The molecule has 3 aromatic carbocycles. The molecule has 0 unspecified atom stereocenters. The summed E-state index contributed by atoms with van der Waals surface area (Å²) >= 11 is 6.22. The summed E-state index contributed by atoms with van der Waals surface area (Å²) in [6.07, 6.45) is 2.05. The van der Waals surface area contributed by atoms with Crippen LogP contribution in [0, 0.1) is 6.92 Å². The molecular formula is C29H25ClN2O4. The Morgan fingerprint density at radius 2 is 1.56 bits per heavy atom. The van der Waals surface area contributed by atoms with Crippen LogP contribution in [0.15, 0.2) is 95.0 Å². The van der Waals surface area contributed by atoms with E-state index in [0.717, 1.165) is 27.8 Å². The second-order valence-corrected chi connectivity index (χ2v) is 9.11. The topological polar surface area (TPSA) is 91.9 Å². The lowest BCUT2D eigenvalue weighted by atomic mass is 9.83. The number of hydrogen-bond donors (Lipinski definition) is 2. The lowest BCUT2D eigenvalue weighted by molar-refractivity contribution is 0.0697. The number of aryl methyl sites for hydroxylation is 2.